The van der Waals surface area contributed by atoms with Crippen molar-refractivity contribution in [1.82, 2.24) is 0 Å². The second-order valence-electron chi connectivity index (χ2n) is 1.30. The monoisotopic (exact) mass is 105 g/mol. The second-order valence-corrected chi connectivity index (χ2v) is 1.30. The summed E-state index contributed by atoms with van der Waals surface area (Å²) in [6, 6.07) is 6.61. The van der Waals surface area contributed by atoms with Gasteiger partial charge in [-0.15, -0.1) is 0 Å². The Morgan fingerprint density at radius 3 is 2.38 bits per heavy atom. The molecule has 1 aromatic carbocycles. The normalized spacial score (nSPS) is 11.4. The van der Waals surface area contributed by atoms with Gasteiger partial charge < -0.3 is 0 Å². The van der Waals surface area contributed by atoms with Crippen molar-refractivity contribution in [2.75, 3.05) is 0 Å². The van der Waals surface area contributed by atoms with Crippen LogP contribution in [0.2, 0.25) is 0 Å². The molecule has 0 saturated heterocycles. The number of hydrogen-bond acceptors (Lipinski definition) is 1. The minimum absolute atomic E-state index is 0.120. The number of nitrogens with zero attached hydrogens (tertiary/aromatic N) is 1. The molecule has 0 atom stereocenters. The fourth-order valence-corrected chi connectivity index (χ4v) is 0.417. The Kier molecular flexibility index (Phi) is 0.768. The molecule has 0 bridgehead atoms. The summed E-state index contributed by atoms with van der Waals surface area (Å²) in [5.74, 6) is 0. The SMILES string of the molecule is [2H]c1cccc([2H])c1C#N. The molecule has 1 nitrogen and oxygen atoms in total. The predicted octanol–water partition coefficient (Wildman–Crippen LogP) is 1.56. The lowest BCUT2D eigenvalue weighted by Gasteiger charge is -1.80. The third kappa shape index (κ3) is 0.855. The van der Waals surface area contributed by atoms with Crippen LogP contribution in [0, 0.1) is 11.3 Å². The smallest absolute Gasteiger partial charge is 0.0991 e. The molecular formula is C7H5N. The van der Waals surface area contributed by atoms with Crippen LogP contribution in [0.5, 0.6) is 0 Å². The zero-order valence-electron chi connectivity index (χ0n) is 6.18. The molecule has 1 aromatic rings. The van der Waals surface area contributed by atoms with E-state index >= 15 is 0 Å². The molecule has 0 aliphatic heterocycles. The third-order valence-corrected chi connectivity index (χ3v) is 0.760. The zero-order valence-corrected chi connectivity index (χ0v) is 4.18. The van der Waals surface area contributed by atoms with E-state index in [2.05, 4.69) is 0 Å². The molecule has 8 heavy (non-hydrogen) atoms. The molecule has 0 unspecified atom stereocenters. The maximum absolute atomic E-state index is 8.41. The molecule has 0 N–H and O–H groups in total. The molecule has 0 spiro atoms. The maximum Gasteiger partial charge on any atom is 0.0991 e. The molecule has 38 valence electrons. The molecule has 0 aliphatic rings. The Balaban J connectivity index is 3.34. The molecule has 0 saturated carbocycles. The van der Waals surface area contributed by atoms with Gasteiger partial charge in [0.15, 0.2) is 0 Å². The van der Waals surface area contributed by atoms with Gasteiger partial charge in [0, 0.05) is 0 Å². The average molecular weight is 105 g/mol. The van der Waals surface area contributed by atoms with Crippen molar-refractivity contribution >= 4 is 0 Å². The molecule has 0 fully saturated rings. The summed E-state index contributed by atoms with van der Waals surface area (Å²) >= 11 is 0. The minimum atomic E-state index is 0.120. The van der Waals surface area contributed by atoms with Gasteiger partial charge in [-0.05, 0) is 12.1 Å². The topological polar surface area (TPSA) is 23.8 Å². The summed E-state index contributed by atoms with van der Waals surface area (Å²) in [7, 11) is 0. The summed E-state index contributed by atoms with van der Waals surface area (Å²) in [5.41, 5.74) is 0.141. The minimum Gasteiger partial charge on any atom is -0.192 e. The van der Waals surface area contributed by atoms with Crippen molar-refractivity contribution in [2.45, 2.75) is 0 Å². The lowest BCUT2D eigenvalue weighted by atomic mass is 10.2. The van der Waals surface area contributed by atoms with Crippen LogP contribution in [-0.4, -0.2) is 0 Å². The largest absolute Gasteiger partial charge is 0.192 e. The van der Waals surface area contributed by atoms with E-state index in [1.165, 1.54) is 12.1 Å². The summed E-state index contributed by atoms with van der Waals surface area (Å²) in [5, 5.41) is 8.41. The molecular weight excluding hydrogens is 98.1 g/mol. The van der Waals surface area contributed by atoms with Gasteiger partial charge in [-0.25, -0.2) is 0 Å². The van der Waals surface area contributed by atoms with E-state index in [9.17, 15) is 0 Å². The van der Waals surface area contributed by atoms with E-state index in [4.69, 9.17) is 8.00 Å². The Hall–Kier alpha value is -1.29. The van der Waals surface area contributed by atoms with E-state index in [1.807, 2.05) is 0 Å². The maximum atomic E-state index is 8.41. The standard InChI is InChI=1S/C7H5N/c8-6-7-4-2-1-3-5-7/h1-5H/i4D,5D. The van der Waals surface area contributed by atoms with Crippen molar-refractivity contribution in [3.05, 3.63) is 35.8 Å². The van der Waals surface area contributed by atoms with Gasteiger partial charge in [0.05, 0.1) is 14.4 Å². The van der Waals surface area contributed by atoms with Crippen LogP contribution in [0.1, 0.15) is 8.30 Å². The summed E-state index contributed by atoms with van der Waals surface area (Å²) in [6.07, 6.45) is 0. The average Bonchev–Trinajstić information content (AvgIpc) is 1.88. The quantitative estimate of drug-likeness (QED) is 0.491. The Morgan fingerprint density at radius 1 is 1.38 bits per heavy atom. The van der Waals surface area contributed by atoms with Gasteiger partial charge in [-0.2, -0.15) is 5.26 Å². The highest BCUT2D eigenvalue weighted by Gasteiger charge is 1.79. The van der Waals surface area contributed by atoms with Crippen LogP contribution in [0.4, 0.5) is 0 Å². The first-order valence-corrected chi connectivity index (χ1v) is 2.22. The van der Waals surface area contributed by atoms with E-state index in [0.29, 0.717) is 0 Å². The summed E-state index contributed by atoms with van der Waals surface area (Å²) in [6.45, 7) is 0. The summed E-state index contributed by atoms with van der Waals surface area (Å²) in [4.78, 5) is 0. The molecule has 0 heterocycles. The third-order valence-electron chi connectivity index (χ3n) is 0.760. The Morgan fingerprint density at radius 2 is 2.00 bits per heavy atom. The number of rotatable bonds is 0. The van der Waals surface area contributed by atoms with Crippen LogP contribution < -0.4 is 0 Å². The van der Waals surface area contributed by atoms with Crippen molar-refractivity contribution in [2.24, 2.45) is 0 Å². The van der Waals surface area contributed by atoms with Crippen molar-refractivity contribution in [1.29, 1.82) is 5.26 Å². The fourth-order valence-electron chi connectivity index (χ4n) is 0.417. The van der Waals surface area contributed by atoms with Gasteiger partial charge in [0.2, 0.25) is 0 Å². The van der Waals surface area contributed by atoms with Crippen molar-refractivity contribution < 1.29 is 2.74 Å². The first-order valence-electron chi connectivity index (χ1n) is 3.22. The van der Waals surface area contributed by atoms with Gasteiger partial charge in [0.1, 0.15) is 0 Å². The molecule has 0 aromatic heterocycles. The lowest BCUT2D eigenvalue weighted by molar-refractivity contribution is 1.49. The highest BCUT2D eigenvalue weighted by atomic mass is 14.2. The molecule has 1 heteroatoms. The van der Waals surface area contributed by atoms with Crippen molar-refractivity contribution in [3.63, 3.8) is 0 Å². The van der Waals surface area contributed by atoms with E-state index in [0.717, 1.165) is 0 Å². The molecule has 0 amide bonds. The highest BCUT2D eigenvalue weighted by Crippen LogP contribution is 1.92. The predicted molar refractivity (Wildman–Crippen MR) is 31.2 cm³/mol. The summed E-state index contributed by atoms with van der Waals surface area (Å²) < 4.78 is 14.3. The first kappa shape index (κ1) is 2.88. The number of nitriles is 1. The van der Waals surface area contributed by atoms with Gasteiger partial charge in [-0.3, -0.25) is 0 Å². The molecule has 0 radical (unpaired) electrons. The van der Waals surface area contributed by atoms with Gasteiger partial charge in [-0.1, -0.05) is 18.2 Å². The first-order chi connectivity index (χ1) is 4.75. The Labute approximate surface area is 51.0 Å². The van der Waals surface area contributed by atoms with E-state index in [1.54, 1.807) is 12.1 Å². The Bertz CT molecular complexity index is 268. The second kappa shape index (κ2) is 2.13. The van der Waals surface area contributed by atoms with Gasteiger partial charge in [0.25, 0.3) is 0 Å². The van der Waals surface area contributed by atoms with E-state index in [-0.39, 0.29) is 17.6 Å². The van der Waals surface area contributed by atoms with Crippen LogP contribution in [0.15, 0.2) is 30.3 Å². The van der Waals surface area contributed by atoms with E-state index < -0.39 is 0 Å². The highest BCUT2D eigenvalue weighted by molar-refractivity contribution is 5.27. The molecule has 1 rings (SSSR count). The zero-order chi connectivity index (χ0) is 7.56. The lowest BCUT2D eigenvalue weighted by Crippen LogP contribution is -1.66. The fraction of sp³-hybridized carbons (Fsp3) is 0. The van der Waals surface area contributed by atoms with Crippen LogP contribution in [0.3, 0.4) is 0 Å². The molecule has 0 aliphatic carbocycles. The number of hydrogen-bond donors (Lipinski definition) is 0. The van der Waals surface area contributed by atoms with Gasteiger partial charge >= 0.3 is 0 Å². The van der Waals surface area contributed by atoms with Crippen molar-refractivity contribution in [3.8, 4) is 6.07 Å². The number of benzene rings is 1. The van der Waals surface area contributed by atoms with Crippen LogP contribution in [0.25, 0.3) is 0 Å². The van der Waals surface area contributed by atoms with Crippen LogP contribution >= 0.6 is 0 Å². The van der Waals surface area contributed by atoms with Crippen LogP contribution in [-0.2, 0) is 0 Å².